The molecule has 0 radical (unpaired) electrons. The number of nitrogens with zero attached hydrogens (tertiary/aromatic N) is 1. The molecule has 0 aromatic heterocycles. The van der Waals surface area contributed by atoms with Crippen molar-refractivity contribution in [1.82, 2.24) is 9.62 Å². The van der Waals surface area contributed by atoms with Gasteiger partial charge >= 0.3 is 0 Å². The molecule has 1 saturated carbocycles. The highest BCUT2D eigenvalue weighted by atomic mass is 32.2. The predicted molar refractivity (Wildman–Crippen MR) is 112 cm³/mol. The van der Waals surface area contributed by atoms with Gasteiger partial charge in [0.15, 0.2) is 0 Å². The molecular formula is C22H26N2O5S. The van der Waals surface area contributed by atoms with Crippen LogP contribution in [0.3, 0.4) is 0 Å². The van der Waals surface area contributed by atoms with E-state index in [4.69, 9.17) is 9.47 Å². The molecule has 30 heavy (non-hydrogen) atoms. The molecule has 4 rings (SSSR count). The molecule has 1 atom stereocenters. The fourth-order valence-electron chi connectivity index (χ4n) is 3.86. The third-order valence-corrected chi connectivity index (χ3v) is 7.16. The Morgan fingerprint density at radius 1 is 1.03 bits per heavy atom. The zero-order chi connectivity index (χ0) is 21.3. The van der Waals surface area contributed by atoms with Crippen molar-refractivity contribution in [2.45, 2.75) is 42.7 Å². The van der Waals surface area contributed by atoms with Crippen LogP contribution in [0.2, 0.25) is 0 Å². The predicted octanol–water partition coefficient (Wildman–Crippen LogP) is 3.12. The Hall–Kier alpha value is -2.58. The summed E-state index contributed by atoms with van der Waals surface area (Å²) in [7, 11) is -0.325. The SMILES string of the molecule is COc1ccc(C2CCCN2C(=O)c2ccc(S(=O)(=O)NC3CC3)cc2)c(OC)c1. The molecule has 8 heteroatoms. The van der Waals surface area contributed by atoms with Crippen molar-refractivity contribution in [2.24, 2.45) is 0 Å². The zero-order valence-electron chi connectivity index (χ0n) is 17.1. The maximum atomic E-state index is 13.2. The fraction of sp³-hybridized carbons (Fsp3) is 0.409. The second-order valence-electron chi connectivity index (χ2n) is 7.68. The quantitative estimate of drug-likeness (QED) is 0.730. The van der Waals surface area contributed by atoms with E-state index >= 15 is 0 Å². The molecule has 1 aliphatic heterocycles. The molecule has 1 N–H and O–H groups in total. The molecule has 2 fully saturated rings. The van der Waals surface area contributed by atoms with Crippen LogP contribution in [0, 0.1) is 0 Å². The number of nitrogens with one attached hydrogen (secondary N) is 1. The van der Waals surface area contributed by atoms with Crippen LogP contribution in [0.5, 0.6) is 11.5 Å². The van der Waals surface area contributed by atoms with E-state index in [9.17, 15) is 13.2 Å². The molecule has 2 aromatic carbocycles. The van der Waals surface area contributed by atoms with Crippen molar-refractivity contribution in [3.8, 4) is 11.5 Å². The van der Waals surface area contributed by atoms with Gasteiger partial charge in [0.1, 0.15) is 11.5 Å². The molecule has 1 saturated heterocycles. The number of rotatable bonds is 7. The Labute approximate surface area is 177 Å². The van der Waals surface area contributed by atoms with E-state index in [1.54, 1.807) is 26.4 Å². The molecule has 1 heterocycles. The summed E-state index contributed by atoms with van der Waals surface area (Å²) < 4.78 is 38.2. The zero-order valence-corrected chi connectivity index (χ0v) is 17.9. The summed E-state index contributed by atoms with van der Waals surface area (Å²) in [4.78, 5) is 15.2. The van der Waals surface area contributed by atoms with Gasteiger partial charge in [-0.25, -0.2) is 13.1 Å². The van der Waals surface area contributed by atoms with Gasteiger partial charge in [0, 0.05) is 29.8 Å². The molecule has 2 aromatic rings. The third-order valence-electron chi connectivity index (χ3n) is 5.62. The van der Waals surface area contributed by atoms with Gasteiger partial charge in [0.2, 0.25) is 10.0 Å². The molecule has 0 spiro atoms. The van der Waals surface area contributed by atoms with Crippen LogP contribution in [0.4, 0.5) is 0 Å². The number of methoxy groups -OCH3 is 2. The lowest BCUT2D eigenvalue weighted by molar-refractivity contribution is 0.0734. The van der Waals surface area contributed by atoms with Gasteiger partial charge in [-0.3, -0.25) is 4.79 Å². The van der Waals surface area contributed by atoms with Crippen molar-refractivity contribution in [3.63, 3.8) is 0 Å². The second-order valence-corrected chi connectivity index (χ2v) is 9.40. The Morgan fingerprint density at radius 2 is 1.77 bits per heavy atom. The number of benzene rings is 2. The third kappa shape index (κ3) is 4.15. The fourth-order valence-corrected chi connectivity index (χ4v) is 5.16. The van der Waals surface area contributed by atoms with Crippen LogP contribution in [-0.2, 0) is 10.0 Å². The number of carbonyl (C=O) groups excluding carboxylic acids is 1. The van der Waals surface area contributed by atoms with Crippen LogP contribution in [0.25, 0.3) is 0 Å². The summed E-state index contributed by atoms with van der Waals surface area (Å²) >= 11 is 0. The lowest BCUT2D eigenvalue weighted by Crippen LogP contribution is -2.31. The maximum absolute atomic E-state index is 13.2. The molecule has 0 bridgehead atoms. The van der Waals surface area contributed by atoms with Crippen molar-refractivity contribution in [1.29, 1.82) is 0 Å². The van der Waals surface area contributed by atoms with Gasteiger partial charge in [-0.1, -0.05) is 0 Å². The van der Waals surface area contributed by atoms with Crippen molar-refractivity contribution < 1.29 is 22.7 Å². The van der Waals surface area contributed by atoms with Gasteiger partial charge in [0.25, 0.3) is 5.91 Å². The first-order valence-corrected chi connectivity index (χ1v) is 11.6. The van der Waals surface area contributed by atoms with E-state index in [-0.39, 0.29) is 22.9 Å². The van der Waals surface area contributed by atoms with E-state index in [2.05, 4.69) is 4.72 Å². The first-order chi connectivity index (χ1) is 14.4. The number of likely N-dealkylation sites (tertiary alicyclic amines) is 1. The highest BCUT2D eigenvalue weighted by molar-refractivity contribution is 7.89. The average Bonchev–Trinajstić information content (AvgIpc) is 3.43. The summed E-state index contributed by atoms with van der Waals surface area (Å²) in [5.74, 6) is 1.27. The molecule has 7 nitrogen and oxygen atoms in total. The average molecular weight is 431 g/mol. The van der Waals surface area contributed by atoms with E-state index in [1.165, 1.54) is 12.1 Å². The molecule has 160 valence electrons. The Kier molecular flexibility index (Phi) is 5.71. The minimum Gasteiger partial charge on any atom is -0.497 e. The number of ether oxygens (including phenoxy) is 2. The van der Waals surface area contributed by atoms with E-state index in [0.717, 1.165) is 31.2 Å². The summed E-state index contributed by atoms with van der Waals surface area (Å²) in [5, 5.41) is 0. The highest BCUT2D eigenvalue weighted by Crippen LogP contribution is 2.39. The molecule has 1 aliphatic carbocycles. The van der Waals surface area contributed by atoms with E-state index in [0.29, 0.717) is 23.6 Å². The van der Waals surface area contributed by atoms with Gasteiger partial charge < -0.3 is 14.4 Å². The number of carbonyl (C=O) groups is 1. The molecular weight excluding hydrogens is 404 g/mol. The van der Waals surface area contributed by atoms with Gasteiger partial charge in [0.05, 0.1) is 25.2 Å². The first kappa shape index (κ1) is 20.7. The summed E-state index contributed by atoms with van der Waals surface area (Å²) in [6, 6.07) is 11.7. The van der Waals surface area contributed by atoms with Gasteiger partial charge in [-0.15, -0.1) is 0 Å². The van der Waals surface area contributed by atoms with Crippen molar-refractivity contribution in [2.75, 3.05) is 20.8 Å². The number of hydrogen-bond acceptors (Lipinski definition) is 5. The Morgan fingerprint density at radius 3 is 2.40 bits per heavy atom. The van der Waals surface area contributed by atoms with Crippen LogP contribution in [0.1, 0.15) is 47.6 Å². The lowest BCUT2D eigenvalue weighted by atomic mass is 10.0. The number of sulfonamides is 1. The standard InChI is InChI=1S/C22H26N2O5S/c1-28-17-9-12-19(21(14-17)29-2)20-4-3-13-24(20)22(25)15-5-10-18(11-6-15)30(26,27)23-16-7-8-16/h5-6,9-12,14,16,20,23H,3-4,7-8,13H2,1-2H3. The van der Waals surface area contributed by atoms with Gasteiger partial charge in [-0.05, 0) is 62.1 Å². The van der Waals surface area contributed by atoms with Crippen molar-refractivity contribution >= 4 is 15.9 Å². The number of amides is 1. The lowest BCUT2D eigenvalue weighted by Gasteiger charge is -2.26. The largest absolute Gasteiger partial charge is 0.497 e. The second kappa shape index (κ2) is 8.28. The van der Waals surface area contributed by atoms with Crippen LogP contribution < -0.4 is 14.2 Å². The minimum absolute atomic E-state index is 0.0427. The summed E-state index contributed by atoms with van der Waals surface area (Å²) in [6.07, 6.45) is 3.48. The van der Waals surface area contributed by atoms with Crippen molar-refractivity contribution in [3.05, 3.63) is 53.6 Å². The monoisotopic (exact) mass is 430 g/mol. The normalized spacial score (nSPS) is 19.0. The topological polar surface area (TPSA) is 84.9 Å². The number of hydrogen-bond donors (Lipinski definition) is 1. The van der Waals surface area contributed by atoms with Crippen LogP contribution in [0.15, 0.2) is 47.4 Å². The molecule has 1 unspecified atom stereocenters. The Balaban J connectivity index is 1.55. The summed E-state index contributed by atoms with van der Waals surface area (Å²) in [6.45, 7) is 0.641. The highest BCUT2D eigenvalue weighted by Gasteiger charge is 2.33. The molecule has 2 aliphatic rings. The maximum Gasteiger partial charge on any atom is 0.254 e. The first-order valence-electron chi connectivity index (χ1n) is 10.1. The van der Waals surface area contributed by atoms with E-state index in [1.807, 2.05) is 23.1 Å². The minimum atomic E-state index is -3.53. The van der Waals surface area contributed by atoms with Crippen LogP contribution in [-0.4, -0.2) is 46.0 Å². The van der Waals surface area contributed by atoms with Gasteiger partial charge in [-0.2, -0.15) is 0 Å². The summed E-state index contributed by atoms with van der Waals surface area (Å²) in [5.41, 5.74) is 1.41. The Bertz CT molecular complexity index is 1030. The molecule has 1 amide bonds. The smallest absolute Gasteiger partial charge is 0.254 e. The van der Waals surface area contributed by atoms with E-state index < -0.39 is 10.0 Å². The van der Waals surface area contributed by atoms with Crippen LogP contribution >= 0.6 is 0 Å².